The van der Waals surface area contributed by atoms with Crippen LogP contribution in [-0.4, -0.2) is 56.9 Å². The van der Waals surface area contributed by atoms with E-state index in [0.29, 0.717) is 40.0 Å². The van der Waals surface area contributed by atoms with Gasteiger partial charge in [-0.1, -0.05) is 70.9 Å². The molecule has 0 spiro atoms. The Labute approximate surface area is 293 Å². The van der Waals surface area contributed by atoms with E-state index in [0.717, 1.165) is 46.1 Å². The third-order valence-corrected chi connectivity index (χ3v) is 9.40. The van der Waals surface area contributed by atoms with Gasteiger partial charge >= 0.3 is 0 Å². The van der Waals surface area contributed by atoms with Crippen LogP contribution in [0.3, 0.4) is 0 Å². The zero-order valence-corrected chi connectivity index (χ0v) is 28.1. The van der Waals surface area contributed by atoms with E-state index >= 15 is 0 Å². The lowest BCUT2D eigenvalue weighted by Crippen LogP contribution is -2.39. The normalized spacial score (nSPS) is 14.1. The van der Waals surface area contributed by atoms with Crippen molar-refractivity contribution in [2.75, 3.05) is 20.2 Å². The number of nitrogens with zero attached hydrogens (tertiary/aromatic N) is 5. The Bertz CT molecular complexity index is 2140. The van der Waals surface area contributed by atoms with Crippen molar-refractivity contribution in [2.24, 2.45) is 0 Å². The first kappa shape index (κ1) is 32.3. The lowest BCUT2D eigenvalue weighted by atomic mass is 9.97. The second kappa shape index (κ2) is 14.1. The monoisotopic (exact) mass is 690 g/mol. The second-order valence-corrected chi connectivity index (χ2v) is 12.8. The highest BCUT2D eigenvalue weighted by atomic mass is 35.5. The number of methoxy groups -OCH3 is 1. The number of carbonyl (C=O) groups excluding carboxylic acids is 2. The van der Waals surface area contributed by atoms with Gasteiger partial charge in [0.2, 0.25) is 0 Å². The van der Waals surface area contributed by atoms with Gasteiger partial charge in [0.15, 0.2) is 0 Å². The average molecular weight is 692 g/mol. The maximum Gasteiger partial charge on any atom is 0.253 e. The molecule has 1 saturated heterocycles. The number of nitrogens with one attached hydrogen (secondary N) is 1. The number of carbonyl (C=O) groups is 2. The number of piperidine rings is 1. The van der Waals surface area contributed by atoms with Crippen molar-refractivity contribution in [3.8, 4) is 17.0 Å². The van der Waals surface area contributed by atoms with Gasteiger partial charge in [-0.05, 0) is 73.0 Å². The van der Waals surface area contributed by atoms with E-state index in [4.69, 9.17) is 27.9 Å². The number of likely N-dealkylation sites (tertiary alicyclic amines) is 1. The van der Waals surface area contributed by atoms with E-state index in [9.17, 15) is 9.59 Å². The summed E-state index contributed by atoms with van der Waals surface area (Å²) in [6.45, 7) is 1.12. The summed E-state index contributed by atoms with van der Waals surface area (Å²) >= 11 is 12.4. The number of fused-ring (bicyclic) bond motifs is 1. The minimum absolute atomic E-state index is 0.116. The van der Waals surface area contributed by atoms with Crippen LogP contribution in [-0.2, 0) is 0 Å². The number of amides is 2. The fraction of sp³-hybridized carbons (Fsp3) is 0.184. The fourth-order valence-electron chi connectivity index (χ4n) is 6.35. The third-order valence-electron chi connectivity index (χ3n) is 8.91. The summed E-state index contributed by atoms with van der Waals surface area (Å²) in [5.74, 6) is 0.0755. The second-order valence-electron chi connectivity index (χ2n) is 11.9. The van der Waals surface area contributed by atoms with Gasteiger partial charge in [0.25, 0.3) is 11.8 Å². The molecule has 1 N–H and O–H groups in total. The molecule has 1 unspecified atom stereocenters. The maximum absolute atomic E-state index is 13.7. The smallest absolute Gasteiger partial charge is 0.253 e. The Kier molecular flexibility index (Phi) is 9.28. The molecule has 246 valence electrons. The average Bonchev–Trinajstić information content (AvgIpc) is 3.64. The highest BCUT2D eigenvalue weighted by Crippen LogP contribution is 2.34. The van der Waals surface area contributed by atoms with Crippen molar-refractivity contribution in [3.05, 3.63) is 142 Å². The molecule has 11 heteroatoms. The largest absolute Gasteiger partial charge is 0.496 e. The zero-order valence-electron chi connectivity index (χ0n) is 26.6. The van der Waals surface area contributed by atoms with Gasteiger partial charge in [0.05, 0.1) is 30.9 Å². The fourth-order valence-corrected chi connectivity index (χ4v) is 6.64. The number of hydrogen-bond acceptors (Lipinski definition) is 6. The maximum atomic E-state index is 13.7. The van der Waals surface area contributed by atoms with Gasteiger partial charge in [-0.2, -0.15) is 0 Å². The molecule has 0 bridgehead atoms. The summed E-state index contributed by atoms with van der Waals surface area (Å²) in [6.07, 6.45) is 5.22. The van der Waals surface area contributed by atoms with Crippen LogP contribution in [0.15, 0.2) is 109 Å². The van der Waals surface area contributed by atoms with E-state index in [2.05, 4.69) is 20.6 Å². The Balaban J connectivity index is 1.04. The van der Waals surface area contributed by atoms with Gasteiger partial charge in [0.1, 0.15) is 11.4 Å². The first-order valence-corrected chi connectivity index (χ1v) is 16.7. The van der Waals surface area contributed by atoms with Crippen LogP contribution in [0.4, 0.5) is 0 Å². The van der Waals surface area contributed by atoms with E-state index in [1.54, 1.807) is 61.8 Å². The molecule has 0 saturated carbocycles. The first-order valence-electron chi connectivity index (χ1n) is 15.9. The number of pyridine rings is 1. The van der Waals surface area contributed by atoms with Crippen LogP contribution >= 0.6 is 23.2 Å². The number of aromatic nitrogens is 4. The predicted octanol–water partition coefficient (Wildman–Crippen LogP) is 7.81. The highest BCUT2D eigenvalue weighted by molar-refractivity contribution is 6.31. The molecule has 6 aromatic rings. The van der Waals surface area contributed by atoms with Crippen molar-refractivity contribution >= 4 is 45.9 Å². The van der Waals surface area contributed by atoms with Gasteiger partial charge in [0, 0.05) is 57.0 Å². The number of hydrogen-bond donors (Lipinski definition) is 1. The van der Waals surface area contributed by atoms with Gasteiger partial charge in [-0.15, -0.1) is 5.10 Å². The molecule has 2 amide bonds. The minimum Gasteiger partial charge on any atom is -0.496 e. The molecule has 49 heavy (non-hydrogen) atoms. The van der Waals surface area contributed by atoms with Crippen molar-refractivity contribution < 1.29 is 14.3 Å². The molecule has 1 aliphatic rings. The van der Waals surface area contributed by atoms with Crippen molar-refractivity contribution in [2.45, 2.75) is 24.9 Å². The summed E-state index contributed by atoms with van der Waals surface area (Å²) in [6, 6.07) is 28.8. The number of halogens is 2. The van der Waals surface area contributed by atoms with E-state index < -0.39 is 6.04 Å². The molecule has 1 fully saturated rings. The Morgan fingerprint density at radius 3 is 2.43 bits per heavy atom. The van der Waals surface area contributed by atoms with Gasteiger partial charge in [-0.25, -0.2) is 4.68 Å². The van der Waals surface area contributed by atoms with Crippen molar-refractivity contribution in [1.29, 1.82) is 0 Å². The van der Waals surface area contributed by atoms with Crippen LogP contribution < -0.4 is 10.1 Å². The molecule has 2 aromatic heterocycles. The quantitative estimate of drug-likeness (QED) is 0.175. The minimum atomic E-state index is -0.565. The number of ether oxygens (including phenoxy) is 1. The first-order chi connectivity index (χ1) is 23.9. The lowest BCUT2D eigenvalue weighted by Gasteiger charge is -2.32. The van der Waals surface area contributed by atoms with Crippen molar-refractivity contribution in [1.82, 2.24) is 30.2 Å². The van der Waals surface area contributed by atoms with Crippen molar-refractivity contribution in [3.63, 3.8) is 0 Å². The van der Waals surface area contributed by atoms with E-state index in [1.165, 1.54) is 0 Å². The molecule has 0 aliphatic carbocycles. The molecule has 7 rings (SSSR count). The van der Waals surface area contributed by atoms with Gasteiger partial charge < -0.3 is 15.0 Å². The molecule has 1 atom stereocenters. The van der Waals surface area contributed by atoms with Crippen LogP contribution in [0.25, 0.3) is 22.2 Å². The predicted molar refractivity (Wildman–Crippen MR) is 190 cm³/mol. The summed E-state index contributed by atoms with van der Waals surface area (Å²) in [7, 11) is 1.56. The number of rotatable bonds is 8. The van der Waals surface area contributed by atoms with Gasteiger partial charge in [-0.3, -0.25) is 14.6 Å². The van der Waals surface area contributed by atoms with E-state index in [1.807, 2.05) is 64.3 Å². The Hall–Kier alpha value is -5.25. The molecule has 4 aromatic carbocycles. The van der Waals surface area contributed by atoms with Crippen LogP contribution in [0.5, 0.6) is 5.75 Å². The standard InChI is InChI=1S/C38H32Cl2N6O3/c1-49-35-22-28(40)14-15-32(35)36(24-10-12-27(39)13-11-24)42-37(47)25-5-2-6-26(21-25)38(48)45-19-16-29(17-20-45)46-23-34(43-44-46)31-7-3-9-33-30(31)8-4-18-41-33/h2-15,18,21-23,29,36H,16-17,19-20H2,1H3,(H,42,47). The number of benzene rings is 4. The summed E-state index contributed by atoms with van der Waals surface area (Å²) in [5, 5.41) is 14.2. The topological polar surface area (TPSA) is 102 Å². The third kappa shape index (κ3) is 6.86. The van der Waals surface area contributed by atoms with Crippen LogP contribution in [0.2, 0.25) is 10.0 Å². The SMILES string of the molecule is COc1cc(Cl)ccc1C(NC(=O)c1cccc(C(=O)N2CCC(n3cc(-c4cccc5ncccc45)nn3)CC2)c1)c1ccc(Cl)cc1. The summed E-state index contributed by atoms with van der Waals surface area (Å²) in [4.78, 5) is 33.7. The highest BCUT2D eigenvalue weighted by Gasteiger charge is 2.27. The molecule has 9 nitrogen and oxygen atoms in total. The van der Waals surface area contributed by atoms with E-state index in [-0.39, 0.29) is 17.9 Å². The molecule has 0 radical (unpaired) electrons. The van der Waals surface area contributed by atoms with Crippen LogP contribution in [0.1, 0.15) is 56.8 Å². The molecule has 1 aliphatic heterocycles. The summed E-state index contributed by atoms with van der Waals surface area (Å²) in [5.41, 5.74) is 5.04. The zero-order chi connectivity index (χ0) is 33.9. The Morgan fingerprint density at radius 2 is 1.63 bits per heavy atom. The molecular formula is C38H32Cl2N6O3. The Morgan fingerprint density at radius 1 is 0.878 bits per heavy atom. The van der Waals surface area contributed by atoms with Crippen LogP contribution in [0, 0.1) is 0 Å². The summed E-state index contributed by atoms with van der Waals surface area (Å²) < 4.78 is 7.51. The molecule has 3 heterocycles. The lowest BCUT2D eigenvalue weighted by molar-refractivity contribution is 0.0689. The molecular weight excluding hydrogens is 659 g/mol.